The van der Waals surface area contributed by atoms with Crippen molar-refractivity contribution in [1.29, 1.82) is 0 Å². The summed E-state index contributed by atoms with van der Waals surface area (Å²) in [6, 6.07) is 12.0. The molecule has 1 heterocycles. The third-order valence-electron chi connectivity index (χ3n) is 3.39. The summed E-state index contributed by atoms with van der Waals surface area (Å²) >= 11 is 1.33. The Bertz CT molecular complexity index is 920. The first kappa shape index (κ1) is 15.9. The Kier molecular flexibility index (Phi) is 4.43. The van der Waals surface area contributed by atoms with E-state index in [1.54, 1.807) is 37.4 Å². The SMILES string of the molecule is COC(=O)c1ccccc1C(=O)Nc1nc2ccc(OC)cc2s1. The Morgan fingerprint density at radius 2 is 1.83 bits per heavy atom. The number of anilines is 1. The fraction of sp³-hybridized carbons (Fsp3) is 0.118. The molecule has 122 valence electrons. The molecule has 1 amide bonds. The highest BCUT2D eigenvalue weighted by Gasteiger charge is 2.18. The van der Waals surface area contributed by atoms with Gasteiger partial charge in [-0.3, -0.25) is 10.1 Å². The first-order valence-electron chi connectivity index (χ1n) is 7.05. The predicted octanol–water partition coefficient (Wildman–Crippen LogP) is 3.34. The van der Waals surface area contributed by atoms with E-state index in [-0.39, 0.29) is 11.1 Å². The lowest BCUT2D eigenvalue weighted by atomic mass is 10.1. The zero-order chi connectivity index (χ0) is 17.1. The predicted molar refractivity (Wildman–Crippen MR) is 91.9 cm³/mol. The van der Waals surface area contributed by atoms with Gasteiger partial charge in [-0.15, -0.1) is 0 Å². The van der Waals surface area contributed by atoms with Gasteiger partial charge < -0.3 is 9.47 Å². The van der Waals surface area contributed by atoms with Crippen LogP contribution in [0.1, 0.15) is 20.7 Å². The summed E-state index contributed by atoms with van der Waals surface area (Å²) in [5.41, 5.74) is 1.21. The molecule has 7 heteroatoms. The van der Waals surface area contributed by atoms with Crippen molar-refractivity contribution >= 4 is 38.6 Å². The van der Waals surface area contributed by atoms with Crippen molar-refractivity contribution in [3.63, 3.8) is 0 Å². The number of benzene rings is 2. The van der Waals surface area contributed by atoms with E-state index >= 15 is 0 Å². The number of fused-ring (bicyclic) bond motifs is 1. The number of aromatic nitrogens is 1. The third-order valence-corrected chi connectivity index (χ3v) is 4.33. The van der Waals surface area contributed by atoms with Gasteiger partial charge in [0.25, 0.3) is 5.91 Å². The van der Waals surface area contributed by atoms with Crippen LogP contribution in [0.3, 0.4) is 0 Å². The Morgan fingerprint density at radius 3 is 2.54 bits per heavy atom. The quantitative estimate of drug-likeness (QED) is 0.736. The topological polar surface area (TPSA) is 77.5 Å². The van der Waals surface area contributed by atoms with Crippen molar-refractivity contribution in [3.8, 4) is 5.75 Å². The number of carbonyl (C=O) groups is 2. The van der Waals surface area contributed by atoms with Crippen molar-refractivity contribution in [3.05, 3.63) is 53.6 Å². The molecule has 0 aliphatic heterocycles. The van der Waals surface area contributed by atoms with Gasteiger partial charge in [-0.25, -0.2) is 9.78 Å². The van der Waals surface area contributed by atoms with E-state index in [9.17, 15) is 9.59 Å². The number of carbonyl (C=O) groups excluding carboxylic acids is 2. The van der Waals surface area contributed by atoms with Crippen LogP contribution in [-0.4, -0.2) is 31.1 Å². The lowest BCUT2D eigenvalue weighted by molar-refractivity contribution is 0.0597. The second-order valence-electron chi connectivity index (χ2n) is 4.84. The van der Waals surface area contributed by atoms with E-state index in [1.807, 2.05) is 12.1 Å². The summed E-state index contributed by atoms with van der Waals surface area (Å²) in [6.45, 7) is 0. The van der Waals surface area contributed by atoms with Crippen LogP contribution in [-0.2, 0) is 4.74 Å². The molecule has 3 aromatic rings. The number of hydrogen-bond donors (Lipinski definition) is 1. The normalized spacial score (nSPS) is 10.4. The maximum atomic E-state index is 12.5. The number of ether oxygens (including phenoxy) is 2. The van der Waals surface area contributed by atoms with E-state index in [1.165, 1.54) is 18.4 Å². The highest BCUT2D eigenvalue weighted by atomic mass is 32.1. The average Bonchev–Trinajstić information content (AvgIpc) is 3.02. The van der Waals surface area contributed by atoms with Crippen molar-refractivity contribution in [1.82, 2.24) is 4.98 Å². The average molecular weight is 342 g/mol. The number of amides is 1. The maximum Gasteiger partial charge on any atom is 0.338 e. The summed E-state index contributed by atoms with van der Waals surface area (Å²) in [5, 5.41) is 3.17. The number of nitrogens with zero attached hydrogens (tertiary/aromatic N) is 1. The van der Waals surface area contributed by atoms with Crippen LogP contribution in [0.15, 0.2) is 42.5 Å². The van der Waals surface area contributed by atoms with Crippen molar-refractivity contribution < 1.29 is 19.1 Å². The van der Waals surface area contributed by atoms with Gasteiger partial charge in [-0.05, 0) is 30.3 Å². The zero-order valence-corrected chi connectivity index (χ0v) is 13.8. The monoisotopic (exact) mass is 342 g/mol. The van der Waals surface area contributed by atoms with Gasteiger partial charge in [0.2, 0.25) is 0 Å². The fourth-order valence-corrected chi connectivity index (χ4v) is 3.11. The Labute approximate surface area is 142 Å². The summed E-state index contributed by atoms with van der Waals surface area (Å²) in [5.74, 6) is -0.253. The van der Waals surface area contributed by atoms with Gasteiger partial charge in [0.05, 0.1) is 35.6 Å². The minimum absolute atomic E-state index is 0.209. The number of rotatable bonds is 4. The molecule has 0 saturated heterocycles. The van der Waals surface area contributed by atoms with Crippen molar-refractivity contribution in [2.24, 2.45) is 0 Å². The lowest BCUT2D eigenvalue weighted by Crippen LogP contribution is -2.16. The van der Waals surface area contributed by atoms with Gasteiger partial charge in [0.15, 0.2) is 5.13 Å². The Balaban J connectivity index is 1.89. The molecule has 6 nitrogen and oxygen atoms in total. The molecule has 2 aromatic carbocycles. The van der Waals surface area contributed by atoms with Gasteiger partial charge in [0, 0.05) is 0 Å². The zero-order valence-electron chi connectivity index (χ0n) is 13.0. The van der Waals surface area contributed by atoms with Gasteiger partial charge in [0.1, 0.15) is 5.75 Å². The first-order chi connectivity index (χ1) is 11.6. The fourth-order valence-electron chi connectivity index (χ4n) is 2.22. The molecule has 0 saturated carbocycles. The number of thiazole rings is 1. The number of nitrogens with one attached hydrogen (secondary N) is 1. The molecule has 0 fully saturated rings. The first-order valence-corrected chi connectivity index (χ1v) is 7.87. The summed E-state index contributed by atoms with van der Waals surface area (Å²) in [7, 11) is 2.87. The van der Waals surface area contributed by atoms with E-state index in [2.05, 4.69) is 10.3 Å². The second-order valence-corrected chi connectivity index (χ2v) is 5.87. The molecule has 0 bridgehead atoms. The lowest BCUT2D eigenvalue weighted by Gasteiger charge is -2.06. The molecular formula is C17H14N2O4S. The van der Waals surface area contributed by atoms with Gasteiger partial charge in [-0.1, -0.05) is 23.5 Å². The number of hydrogen-bond acceptors (Lipinski definition) is 6. The van der Waals surface area contributed by atoms with E-state index < -0.39 is 11.9 Å². The molecule has 3 rings (SSSR count). The summed E-state index contributed by atoms with van der Waals surface area (Å²) in [4.78, 5) is 28.6. The third kappa shape index (κ3) is 3.07. The Hall–Kier alpha value is -2.93. The molecule has 1 N–H and O–H groups in total. The van der Waals surface area contributed by atoms with E-state index in [0.717, 1.165) is 16.0 Å². The molecule has 0 unspecified atom stereocenters. The molecule has 0 atom stereocenters. The second kappa shape index (κ2) is 6.67. The minimum Gasteiger partial charge on any atom is -0.497 e. The highest BCUT2D eigenvalue weighted by molar-refractivity contribution is 7.22. The molecule has 0 aliphatic carbocycles. The van der Waals surface area contributed by atoms with E-state index in [4.69, 9.17) is 9.47 Å². The summed E-state index contributed by atoms with van der Waals surface area (Å²) < 4.78 is 10.8. The standard InChI is InChI=1S/C17H14N2O4S/c1-22-10-7-8-13-14(9-10)24-17(18-13)19-15(20)11-5-3-4-6-12(11)16(21)23-2/h3-9H,1-2H3,(H,18,19,20). The molecule has 24 heavy (non-hydrogen) atoms. The maximum absolute atomic E-state index is 12.5. The largest absolute Gasteiger partial charge is 0.497 e. The molecule has 0 spiro atoms. The van der Waals surface area contributed by atoms with Crippen molar-refractivity contribution in [2.75, 3.05) is 19.5 Å². The van der Waals surface area contributed by atoms with Crippen LogP contribution in [0.25, 0.3) is 10.2 Å². The van der Waals surface area contributed by atoms with Crippen LogP contribution in [0.4, 0.5) is 5.13 Å². The molecular weight excluding hydrogens is 328 g/mol. The number of methoxy groups -OCH3 is 2. The minimum atomic E-state index is -0.560. The number of esters is 1. The molecule has 0 radical (unpaired) electrons. The van der Waals surface area contributed by atoms with Gasteiger partial charge >= 0.3 is 5.97 Å². The van der Waals surface area contributed by atoms with Crippen LogP contribution in [0.5, 0.6) is 5.75 Å². The van der Waals surface area contributed by atoms with Crippen LogP contribution in [0.2, 0.25) is 0 Å². The van der Waals surface area contributed by atoms with Gasteiger partial charge in [-0.2, -0.15) is 0 Å². The van der Waals surface area contributed by atoms with Crippen molar-refractivity contribution in [2.45, 2.75) is 0 Å². The van der Waals surface area contributed by atoms with Crippen LogP contribution >= 0.6 is 11.3 Å². The summed E-state index contributed by atoms with van der Waals surface area (Å²) in [6.07, 6.45) is 0. The molecule has 1 aromatic heterocycles. The van der Waals surface area contributed by atoms with Crippen LogP contribution < -0.4 is 10.1 Å². The smallest absolute Gasteiger partial charge is 0.338 e. The molecule has 0 aliphatic rings. The van der Waals surface area contributed by atoms with E-state index in [0.29, 0.717) is 5.13 Å². The Morgan fingerprint density at radius 1 is 1.08 bits per heavy atom. The van der Waals surface area contributed by atoms with Crippen LogP contribution in [0, 0.1) is 0 Å². The highest BCUT2D eigenvalue weighted by Crippen LogP contribution is 2.29.